The van der Waals surface area contributed by atoms with Gasteiger partial charge in [-0.1, -0.05) is 42.5 Å². The Labute approximate surface area is 169 Å². The van der Waals surface area contributed by atoms with Crippen LogP contribution in [-0.2, 0) is 20.7 Å². The number of fused-ring (bicyclic) bond motifs is 1. The summed E-state index contributed by atoms with van der Waals surface area (Å²) in [7, 11) is 0. The number of anilines is 1. The third kappa shape index (κ3) is 4.96. The molecule has 0 aliphatic carbocycles. The number of carbonyl (C=O) groups is 2. The van der Waals surface area contributed by atoms with Gasteiger partial charge in [0, 0.05) is 23.8 Å². The van der Waals surface area contributed by atoms with Crippen LogP contribution in [0.5, 0.6) is 0 Å². The minimum absolute atomic E-state index is 0.0233. The molecule has 0 radical (unpaired) electrons. The van der Waals surface area contributed by atoms with Crippen LogP contribution < -0.4 is 4.90 Å². The number of aromatic nitrogens is 1. The van der Waals surface area contributed by atoms with E-state index in [1.54, 1.807) is 25.3 Å². The van der Waals surface area contributed by atoms with Crippen molar-refractivity contribution in [1.82, 2.24) is 4.98 Å². The van der Waals surface area contributed by atoms with E-state index in [4.69, 9.17) is 10.00 Å². The number of ether oxygens (including phenoxy) is 1. The molecular weight excluding hydrogens is 366 g/mol. The van der Waals surface area contributed by atoms with Gasteiger partial charge in [0.15, 0.2) is 6.10 Å². The number of nitriles is 1. The maximum atomic E-state index is 12.9. The molecule has 6 nitrogen and oxygen atoms in total. The number of esters is 1. The summed E-state index contributed by atoms with van der Waals surface area (Å²) in [5.74, 6) is -0.867. The van der Waals surface area contributed by atoms with Gasteiger partial charge in [0.1, 0.15) is 0 Å². The minimum Gasteiger partial charge on any atom is -0.452 e. The second kappa shape index (κ2) is 9.47. The largest absolute Gasteiger partial charge is 0.452 e. The van der Waals surface area contributed by atoms with Crippen molar-refractivity contribution in [2.75, 3.05) is 11.4 Å². The SMILES string of the molecule is CC(OC(=O)Cc1cccc2cccnc12)C(=O)N(CCC#N)c1ccccc1. The zero-order valence-corrected chi connectivity index (χ0v) is 16.1. The molecular formula is C23H21N3O3. The van der Waals surface area contributed by atoms with Crippen LogP contribution in [0, 0.1) is 11.3 Å². The number of rotatable bonds is 7. The average Bonchev–Trinajstić information content (AvgIpc) is 2.75. The lowest BCUT2D eigenvalue weighted by molar-refractivity contribution is -0.153. The molecule has 6 heteroatoms. The molecule has 0 aliphatic rings. The van der Waals surface area contributed by atoms with Crippen LogP contribution in [0.25, 0.3) is 10.9 Å². The normalized spacial score (nSPS) is 11.4. The highest BCUT2D eigenvalue weighted by Crippen LogP contribution is 2.18. The summed E-state index contributed by atoms with van der Waals surface area (Å²) in [6.45, 7) is 1.78. The first-order valence-corrected chi connectivity index (χ1v) is 9.35. The molecule has 0 fully saturated rings. The Morgan fingerprint density at radius 3 is 2.62 bits per heavy atom. The Morgan fingerprint density at radius 1 is 1.10 bits per heavy atom. The van der Waals surface area contributed by atoms with Gasteiger partial charge < -0.3 is 9.64 Å². The number of hydrogen-bond donors (Lipinski definition) is 0. The summed E-state index contributed by atoms with van der Waals surface area (Å²) in [6, 6.07) is 20.5. The minimum atomic E-state index is -0.968. The molecule has 0 N–H and O–H groups in total. The van der Waals surface area contributed by atoms with Gasteiger partial charge in [-0.15, -0.1) is 0 Å². The summed E-state index contributed by atoms with van der Waals surface area (Å²) >= 11 is 0. The lowest BCUT2D eigenvalue weighted by atomic mass is 10.1. The standard InChI is InChI=1S/C23H21N3O3/c1-17(23(28)26(15-7-13-24)20-11-3-2-4-12-20)29-21(27)16-19-9-5-8-18-10-6-14-25-22(18)19/h2-6,8-12,14,17H,7,15-16H2,1H3. The molecule has 2 aromatic carbocycles. The molecule has 1 heterocycles. The van der Waals surface area contributed by atoms with Crippen LogP contribution in [0.15, 0.2) is 66.9 Å². The van der Waals surface area contributed by atoms with Crippen molar-refractivity contribution in [3.8, 4) is 6.07 Å². The van der Waals surface area contributed by atoms with E-state index in [9.17, 15) is 9.59 Å². The Kier molecular flexibility index (Phi) is 6.54. The highest BCUT2D eigenvalue weighted by atomic mass is 16.5. The molecule has 0 bridgehead atoms. The molecule has 29 heavy (non-hydrogen) atoms. The maximum Gasteiger partial charge on any atom is 0.311 e. The number of hydrogen-bond acceptors (Lipinski definition) is 5. The van der Waals surface area contributed by atoms with Crippen LogP contribution in [0.4, 0.5) is 5.69 Å². The molecule has 146 valence electrons. The second-order valence-corrected chi connectivity index (χ2v) is 6.53. The van der Waals surface area contributed by atoms with Gasteiger partial charge in [0.05, 0.1) is 24.4 Å². The number of amides is 1. The summed E-state index contributed by atoms with van der Waals surface area (Å²) in [5.41, 5.74) is 2.15. The van der Waals surface area contributed by atoms with Crippen molar-refractivity contribution in [3.63, 3.8) is 0 Å². The van der Waals surface area contributed by atoms with Gasteiger partial charge in [0.25, 0.3) is 5.91 Å². The van der Waals surface area contributed by atoms with E-state index in [2.05, 4.69) is 4.98 Å². The van der Waals surface area contributed by atoms with Crippen LogP contribution in [0.1, 0.15) is 18.9 Å². The number of benzene rings is 2. The van der Waals surface area contributed by atoms with Crippen molar-refractivity contribution in [1.29, 1.82) is 5.26 Å². The number of carbonyl (C=O) groups excluding carboxylic acids is 2. The lowest BCUT2D eigenvalue weighted by Gasteiger charge is -2.25. The van der Waals surface area contributed by atoms with Gasteiger partial charge in [-0.25, -0.2) is 0 Å². The molecule has 1 unspecified atom stereocenters. The fourth-order valence-corrected chi connectivity index (χ4v) is 3.11. The molecule has 1 atom stereocenters. The van der Waals surface area contributed by atoms with Gasteiger partial charge in [-0.2, -0.15) is 5.26 Å². The molecule has 3 aromatic rings. The van der Waals surface area contributed by atoms with Crippen LogP contribution in [0.2, 0.25) is 0 Å². The highest BCUT2D eigenvalue weighted by molar-refractivity contribution is 5.97. The molecule has 0 saturated heterocycles. The van der Waals surface area contributed by atoms with E-state index >= 15 is 0 Å². The van der Waals surface area contributed by atoms with Crippen LogP contribution in [-0.4, -0.2) is 29.5 Å². The predicted molar refractivity (Wildman–Crippen MR) is 110 cm³/mol. The maximum absolute atomic E-state index is 12.9. The van der Waals surface area contributed by atoms with Gasteiger partial charge in [-0.3, -0.25) is 14.6 Å². The summed E-state index contributed by atoms with van der Waals surface area (Å²) < 4.78 is 5.41. The van der Waals surface area contributed by atoms with Crippen molar-refractivity contribution in [3.05, 3.63) is 72.4 Å². The van der Waals surface area contributed by atoms with Crippen molar-refractivity contribution >= 4 is 28.5 Å². The van der Waals surface area contributed by atoms with E-state index in [-0.39, 0.29) is 25.3 Å². The Hall–Kier alpha value is -3.72. The molecule has 1 aromatic heterocycles. The molecule has 0 saturated carbocycles. The number of para-hydroxylation sites is 2. The Balaban J connectivity index is 1.70. The van der Waals surface area contributed by atoms with Gasteiger partial charge >= 0.3 is 5.97 Å². The van der Waals surface area contributed by atoms with Crippen LogP contribution in [0.3, 0.4) is 0 Å². The van der Waals surface area contributed by atoms with Crippen molar-refractivity contribution in [2.24, 2.45) is 0 Å². The van der Waals surface area contributed by atoms with E-state index in [0.717, 1.165) is 16.5 Å². The fraction of sp³-hybridized carbons (Fsp3) is 0.217. The van der Waals surface area contributed by atoms with E-state index < -0.39 is 12.1 Å². The zero-order valence-electron chi connectivity index (χ0n) is 16.1. The fourth-order valence-electron chi connectivity index (χ4n) is 3.11. The molecule has 0 spiro atoms. The third-order valence-corrected chi connectivity index (χ3v) is 4.49. The molecule has 0 aliphatic heterocycles. The molecule has 1 amide bonds. The lowest BCUT2D eigenvalue weighted by Crippen LogP contribution is -2.40. The zero-order chi connectivity index (χ0) is 20.6. The average molecular weight is 387 g/mol. The summed E-state index contributed by atoms with van der Waals surface area (Å²) in [5, 5.41) is 9.84. The molecule has 3 rings (SSSR count). The van der Waals surface area contributed by atoms with Crippen LogP contribution >= 0.6 is 0 Å². The van der Waals surface area contributed by atoms with E-state index in [1.165, 1.54) is 4.90 Å². The van der Waals surface area contributed by atoms with Crippen molar-refractivity contribution < 1.29 is 14.3 Å². The quantitative estimate of drug-likeness (QED) is 0.578. The smallest absolute Gasteiger partial charge is 0.311 e. The monoisotopic (exact) mass is 387 g/mol. The topological polar surface area (TPSA) is 83.3 Å². The number of nitrogens with zero attached hydrogens (tertiary/aromatic N) is 3. The first kappa shape index (κ1) is 20.0. The van der Waals surface area contributed by atoms with Gasteiger partial charge in [0.2, 0.25) is 0 Å². The summed E-state index contributed by atoms with van der Waals surface area (Å²) in [4.78, 5) is 31.2. The van der Waals surface area contributed by atoms with E-state index in [1.807, 2.05) is 54.6 Å². The van der Waals surface area contributed by atoms with E-state index in [0.29, 0.717) is 5.69 Å². The second-order valence-electron chi connectivity index (χ2n) is 6.53. The Bertz CT molecular complexity index is 1040. The number of pyridine rings is 1. The summed E-state index contributed by atoms with van der Waals surface area (Å²) in [6.07, 6.45) is 0.915. The Morgan fingerprint density at radius 2 is 1.86 bits per heavy atom. The van der Waals surface area contributed by atoms with Gasteiger partial charge in [-0.05, 0) is 30.7 Å². The first-order valence-electron chi connectivity index (χ1n) is 9.35. The van der Waals surface area contributed by atoms with Crippen molar-refractivity contribution in [2.45, 2.75) is 25.9 Å². The predicted octanol–water partition coefficient (Wildman–Crippen LogP) is 3.66. The highest BCUT2D eigenvalue weighted by Gasteiger charge is 2.25. The first-order chi connectivity index (χ1) is 14.1. The third-order valence-electron chi connectivity index (χ3n) is 4.49.